The molecule has 2 aliphatic rings. The predicted molar refractivity (Wildman–Crippen MR) is 88.3 cm³/mol. The molecule has 0 saturated carbocycles. The van der Waals surface area contributed by atoms with Gasteiger partial charge in [0.2, 0.25) is 11.5 Å². The third-order valence-corrected chi connectivity index (χ3v) is 4.61. The van der Waals surface area contributed by atoms with Gasteiger partial charge in [-0.1, -0.05) is 24.3 Å². The third-order valence-electron chi connectivity index (χ3n) is 4.61. The Morgan fingerprint density at radius 3 is 2.64 bits per heavy atom. The molecule has 0 bridgehead atoms. The monoisotopic (exact) mass is 347 g/mol. The SMILES string of the molecule is CC1=N[C@]2(O)c3ccccc3C(=O)[C@@]2(O)C1C(=O)OCCOC(C)C. The largest absolute Gasteiger partial charge is 0.463 e. The van der Waals surface area contributed by atoms with Gasteiger partial charge < -0.3 is 19.7 Å². The van der Waals surface area contributed by atoms with Crippen LogP contribution < -0.4 is 0 Å². The van der Waals surface area contributed by atoms with E-state index in [4.69, 9.17) is 9.47 Å². The molecule has 1 aromatic rings. The summed E-state index contributed by atoms with van der Waals surface area (Å²) in [5, 5.41) is 22.0. The van der Waals surface area contributed by atoms with Crippen LogP contribution >= 0.6 is 0 Å². The minimum Gasteiger partial charge on any atom is -0.463 e. The van der Waals surface area contributed by atoms with E-state index in [2.05, 4.69) is 4.99 Å². The van der Waals surface area contributed by atoms with Crippen molar-refractivity contribution in [1.82, 2.24) is 0 Å². The van der Waals surface area contributed by atoms with E-state index in [1.54, 1.807) is 12.1 Å². The molecule has 0 spiro atoms. The van der Waals surface area contributed by atoms with Crippen molar-refractivity contribution >= 4 is 17.5 Å². The Labute approximate surface area is 145 Å². The van der Waals surface area contributed by atoms with Gasteiger partial charge in [-0.3, -0.25) is 14.6 Å². The number of rotatable bonds is 5. The lowest BCUT2D eigenvalue weighted by Crippen LogP contribution is -2.56. The van der Waals surface area contributed by atoms with Gasteiger partial charge >= 0.3 is 5.97 Å². The number of hydrogen-bond donors (Lipinski definition) is 2. The molecule has 7 nitrogen and oxygen atoms in total. The molecule has 0 fully saturated rings. The number of carbonyl (C=O) groups excluding carboxylic acids is 2. The van der Waals surface area contributed by atoms with Crippen molar-refractivity contribution in [3.05, 3.63) is 35.4 Å². The molecular formula is C18H21NO6. The number of fused-ring (bicyclic) bond motifs is 3. The van der Waals surface area contributed by atoms with Crippen LogP contribution in [0.3, 0.4) is 0 Å². The molecule has 1 aromatic carbocycles. The smallest absolute Gasteiger partial charge is 0.318 e. The number of carbonyl (C=O) groups is 2. The van der Waals surface area contributed by atoms with Crippen molar-refractivity contribution < 1.29 is 29.3 Å². The molecule has 1 aliphatic carbocycles. The summed E-state index contributed by atoms with van der Waals surface area (Å²) < 4.78 is 10.4. The molecule has 0 saturated heterocycles. The fourth-order valence-electron chi connectivity index (χ4n) is 3.50. The van der Waals surface area contributed by atoms with Crippen LogP contribution in [0.25, 0.3) is 0 Å². The zero-order valence-electron chi connectivity index (χ0n) is 14.4. The zero-order valence-corrected chi connectivity index (χ0v) is 14.4. The number of aliphatic imine (C=N–C) groups is 1. The lowest BCUT2D eigenvalue weighted by atomic mass is 9.79. The molecule has 1 unspecified atom stereocenters. The van der Waals surface area contributed by atoms with Crippen LogP contribution in [0, 0.1) is 5.92 Å². The van der Waals surface area contributed by atoms with Gasteiger partial charge in [0.05, 0.1) is 12.7 Å². The quantitative estimate of drug-likeness (QED) is 0.603. The number of Topliss-reactive ketones (excluding diaryl/α,β-unsaturated/α-hetero) is 1. The molecule has 3 atom stereocenters. The van der Waals surface area contributed by atoms with Crippen LogP contribution in [0.2, 0.25) is 0 Å². The van der Waals surface area contributed by atoms with Gasteiger partial charge in [-0.05, 0) is 20.8 Å². The number of hydrogen-bond acceptors (Lipinski definition) is 7. The van der Waals surface area contributed by atoms with Crippen molar-refractivity contribution in [2.24, 2.45) is 10.9 Å². The molecule has 3 rings (SSSR count). The summed E-state index contributed by atoms with van der Waals surface area (Å²) in [7, 11) is 0. The van der Waals surface area contributed by atoms with Crippen LogP contribution in [0.5, 0.6) is 0 Å². The summed E-state index contributed by atoms with van der Waals surface area (Å²) >= 11 is 0. The zero-order chi connectivity index (χ0) is 18.4. The van der Waals surface area contributed by atoms with Crippen molar-refractivity contribution in [3.63, 3.8) is 0 Å². The van der Waals surface area contributed by atoms with Gasteiger partial charge in [-0.2, -0.15) is 0 Å². The Bertz CT molecular complexity index is 758. The molecule has 25 heavy (non-hydrogen) atoms. The van der Waals surface area contributed by atoms with Gasteiger partial charge in [0, 0.05) is 16.8 Å². The van der Waals surface area contributed by atoms with E-state index in [1.807, 2.05) is 13.8 Å². The number of ketones is 1. The maximum absolute atomic E-state index is 12.8. The summed E-state index contributed by atoms with van der Waals surface area (Å²) in [4.78, 5) is 29.3. The molecule has 0 aromatic heterocycles. The Kier molecular flexibility index (Phi) is 4.26. The first-order valence-corrected chi connectivity index (χ1v) is 8.17. The third kappa shape index (κ3) is 2.42. The summed E-state index contributed by atoms with van der Waals surface area (Å²) in [6.45, 7) is 5.38. The average molecular weight is 347 g/mol. The second-order valence-corrected chi connectivity index (χ2v) is 6.59. The first-order chi connectivity index (χ1) is 11.7. The van der Waals surface area contributed by atoms with Crippen LogP contribution in [0.1, 0.15) is 36.7 Å². The van der Waals surface area contributed by atoms with E-state index in [0.29, 0.717) is 0 Å². The van der Waals surface area contributed by atoms with Crippen molar-refractivity contribution in [3.8, 4) is 0 Å². The van der Waals surface area contributed by atoms with Crippen LogP contribution in [-0.4, -0.2) is 52.6 Å². The van der Waals surface area contributed by atoms with Crippen molar-refractivity contribution in [1.29, 1.82) is 0 Å². The topological polar surface area (TPSA) is 105 Å². The Balaban J connectivity index is 1.88. The van der Waals surface area contributed by atoms with Gasteiger partial charge in [-0.25, -0.2) is 0 Å². The summed E-state index contributed by atoms with van der Waals surface area (Å²) in [5.41, 5.74) is -4.06. The fraction of sp³-hybridized carbons (Fsp3) is 0.500. The highest BCUT2D eigenvalue weighted by molar-refractivity contribution is 6.18. The van der Waals surface area contributed by atoms with Gasteiger partial charge in [0.15, 0.2) is 5.60 Å². The summed E-state index contributed by atoms with van der Waals surface area (Å²) in [6, 6.07) is 6.27. The summed E-state index contributed by atoms with van der Waals surface area (Å²) in [6.07, 6.45) is -0.00587. The molecule has 1 heterocycles. The Morgan fingerprint density at radius 1 is 1.28 bits per heavy atom. The van der Waals surface area contributed by atoms with Crippen LogP contribution in [-0.2, 0) is 20.0 Å². The number of esters is 1. The van der Waals surface area contributed by atoms with Gasteiger partial charge in [0.1, 0.15) is 12.5 Å². The maximum atomic E-state index is 12.8. The van der Waals surface area contributed by atoms with E-state index in [1.165, 1.54) is 19.1 Å². The molecule has 134 valence electrons. The average Bonchev–Trinajstić information content (AvgIpc) is 2.86. The number of aliphatic hydroxyl groups is 2. The predicted octanol–water partition coefficient (Wildman–Crippen LogP) is 0.818. The molecule has 1 aliphatic heterocycles. The van der Waals surface area contributed by atoms with Gasteiger partial charge in [0.25, 0.3) is 0 Å². The lowest BCUT2D eigenvalue weighted by molar-refractivity contribution is -0.166. The van der Waals surface area contributed by atoms with Crippen LogP contribution in [0.4, 0.5) is 0 Å². The van der Waals surface area contributed by atoms with Crippen molar-refractivity contribution in [2.75, 3.05) is 13.2 Å². The molecule has 0 radical (unpaired) electrons. The minimum absolute atomic E-state index is 0.00587. The Hall–Kier alpha value is -2.09. The number of benzene rings is 1. The highest BCUT2D eigenvalue weighted by Gasteiger charge is 2.72. The van der Waals surface area contributed by atoms with Crippen LogP contribution in [0.15, 0.2) is 29.3 Å². The van der Waals surface area contributed by atoms with E-state index in [9.17, 15) is 19.8 Å². The highest BCUT2D eigenvalue weighted by Crippen LogP contribution is 2.53. The normalized spacial score (nSPS) is 30.2. The Morgan fingerprint density at radius 2 is 1.96 bits per heavy atom. The second-order valence-electron chi connectivity index (χ2n) is 6.59. The number of nitrogens with zero attached hydrogens (tertiary/aromatic N) is 1. The number of ether oxygens (including phenoxy) is 2. The van der Waals surface area contributed by atoms with E-state index in [-0.39, 0.29) is 36.2 Å². The van der Waals surface area contributed by atoms with Crippen molar-refractivity contribution in [2.45, 2.75) is 38.2 Å². The van der Waals surface area contributed by atoms with E-state index < -0.39 is 29.0 Å². The molecular weight excluding hydrogens is 326 g/mol. The fourth-order valence-corrected chi connectivity index (χ4v) is 3.50. The second kappa shape index (κ2) is 6.01. The van der Waals surface area contributed by atoms with E-state index >= 15 is 0 Å². The standard InChI is InChI=1S/C18H21NO6/c1-10(2)24-8-9-25-16(21)14-11(3)19-18(23)13-7-5-4-6-12(13)15(20)17(14,18)22/h4-7,10,14,22-23H,8-9H2,1-3H3/t14?,17-,18-/m0/s1. The highest BCUT2D eigenvalue weighted by atomic mass is 16.6. The molecule has 7 heteroatoms. The first-order valence-electron chi connectivity index (χ1n) is 8.17. The maximum Gasteiger partial charge on any atom is 0.318 e. The summed E-state index contributed by atoms with van der Waals surface area (Å²) in [5.74, 6) is -2.91. The first kappa shape index (κ1) is 17.7. The lowest BCUT2D eigenvalue weighted by Gasteiger charge is -2.31. The molecule has 0 amide bonds. The minimum atomic E-state index is -2.39. The van der Waals surface area contributed by atoms with E-state index in [0.717, 1.165) is 0 Å². The molecule has 2 N–H and O–H groups in total. The van der Waals surface area contributed by atoms with Gasteiger partial charge in [-0.15, -0.1) is 0 Å².